The second kappa shape index (κ2) is 10.2. The number of esters is 1. The molecule has 3 amide bonds. The largest absolute Gasteiger partial charge is 0.455 e. The van der Waals surface area contributed by atoms with Gasteiger partial charge in [-0.15, -0.1) is 0 Å². The summed E-state index contributed by atoms with van der Waals surface area (Å²) in [5.74, 6) is -1.24. The molecule has 0 atom stereocenters. The summed E-state index contributed by atoms with van der Waals surface area (Å²) in [4.78, 5) is 51.6. The summed E-state index contributed by atoms with van der Waals surface area (Å²) >= 11 is 0. The van der Waals surface area contributed by atoms with Gasteiger partial charge >= 0.3 is 5.97 Å². The highest BCUT2D eigenvalue weighted by molar-refractivity contribution is 6.34. The first kappa shape index (κ1) is 23.5. The van der Waals surface area contributed by atoms with E-state index in [9.17, 15) is 19.2 Å². The van der Waals surface area contributed by atoms with E-state index in [0.717, 1.165) is 4.90 Å². The first-order valence-corrected chi connectivity index (χ1v) is 11.4. The second-order valence-electron chi connectivity index (χ2n) is 8.08. The molecule has 0 aromatic heterocycles. The van der Waals surface area contributed by atoms with Crippen molar-refractivity contribution in [1.29, 1.82) is 0 Å². The smallest absolute Gasteiger partial charge is 0.338 e. The Morgan fingerprint density at radius 3 is 2.11 bits per heavy atom. The number of fused-ring (bicyclic) bond motifs is 1. The van der Waals surface area contributed by atoms with Crippen molar-refractivity contribution in [3.8, 4) is 11.5 Å². The molecule has 0 saturated carbocycles. The Bertz CT molecular complexity index is 1480. The average molecular weight is 492 g/mol. The number of rotatable bonds is 7. The van der Waals surface area contributed by atoms with Crippen LogP contribution in [0.2, 0.25) is 0 Å². The highest BCUT2D eigenvalue weighted by Crippen LogP contribution is 2.30. The van der Waals surface area contributed by atoms with E-state index in [4.69, 9.17) is 9.47 Å². The maximum Gasteiger partial charge on any atom is 0.338 e. The third-order valence-corrected chi connectivity index (χ3v) is 5.60. The van der Waals surface area contributed by atoms with E-state index in [1.165, 1.54) is 18.2 Å². The van der Waals surface area contributed by atoms with Crippen molar-refractivity contribution in [3.05, 3.63) is 120 Å². The second-order valence-corrected chi connectivity index (χ2v) is 8.08. The van der Waals surface area contributed by atoms with Crippen LogP contribution in [-0.2, 0) is 9.53 Å². The van der Waals surface area contributed by atoms with E-state index in [0.29, 0.717) is 28.3 Å². The quantitative estimate of drug-likeness (QED) is 0.285. The number of nitrogens with one attached hydrogen (secondary N) is 1. The molecule has 8 nitrogen and oxygen atoms in total. The Morgan fingerprint density at radius 1 is 0.730 bits per heavy atom. The summed E-state index contributed by atoms with van der Waals surface area (Å²) in [7, 11) is 0. The van der Waals surface area contributed by atoms with Crippen LogP contribution in [0.1, 0.15) is 31.1 Å². The van der Waals surface area contributed by atoms with Crippen LogP contribution in [0.25, 0.3) is 0 Å². The van der Waals surface area contributed by atoms with Crippen molar-refractivity contribution in [1.82, 2.24) is 0 Å². The molecule has 1 N–H and O–H groups in total. The average Bonchev–Trinajstić information content (AvgIpc) is 3.19. The summed E-state index contributed by atoms with van der Waals surface area (Å²) in [5, 5.41) is 2.68. The van der Waals surface area contributed by atoms with E-state index in [-0.39, 0.29) is 11.3 Å². The van der Waals surface area contributed by atoms with Gasteiger partial charge in [0.15, 0.2) is 12.4 Å². The monoisotopic (exact) mass is 492 g/mol. The van der Waals surface area contributed by atoms with Gasteiger partial charge in [-0.2, -0.15) is 0 Å². The normalized spacial score (nSPS) is 12.2. The minimum Gasteiger partial charge on any atom is -0.455 e. The molecule has 4 aromatic rings. The lowest BCUT2D eigenvalue weighted by molar-refractivity contribution is -0.119. The van der Waals surface area contributed by atoms with Gasteiger partial charge in [0.25, 0.3) is 17.7 Å². The van der Waals surface area contributed by atoms with Crippen LogP contribution in [0.5, 0.6) is 11.5 Å². The lowest BCUT2D eigenvalue weighted by Gasteiger charge is -2.15. The number of amides is 3. The summed E-state index contributed by atoms with van der Waals surface area (Å²) < 4.78 is 11.0. The maximum absolute atomic E-state index is 12.7. The zero-order valence-electron chi connectivity index (χ0n) is 19.4. The van der Waals surface area contributed by atoms with Crippen LogP contribution in [0, 0.1) is 0 Å². The molecule has 0 unspecified atom stereocenters. The zero-order chi connectivity index (χ0) is 25.8. The Morgan fingerprint density at radius 2 is 1.38 bits per heavy atom. The lowest BCUT2D eigenvalue weighted by atomic mass is 10.1. The summed E-state index contributed by atoms with van der Waals surface area (Å²) in [6.07, 6.45) is 0. The zero-order valence-corrected chi connectivity index (χ0v) is 19.4. The number of anilines is 2. The topological polar surface area (TPSA) is 102 Å². The van der Waals surface area contributed by atoms with Crippen molar-refractivity contribution in [3.63, 3.8) is 0 Å². The fraction of sp³-hybridized carbons (Fsp3) is 0.0345. The maximum atomic E-state index is 12.7. The number of imide groups is 1. The van der Waals surface area contributed by atoms with Crippen molar-refractivity contribution < 1.29 is 28.7 Å². The number of benzene rings is 4. The molecule has 4 aromatic carbocycles. The fourth-order valence-electron chi connectivity index (χ4n) is 3.87. The van der Waals surface area contributed by atoms with Crippen LogP contribution in [-0.4, -0.2) is 30.3 Å². The van der Waals surface area contributed by atoms with Gasteiger partial charge in [-0.05, 0) is 54.6 Å². The van der Waals surface area contributed by atoms with E-state index in [2.05, 4.69) is 5.32 Å². The standard InChI is InChI=1S/C29H20N2O6/c32-26(30-24-15-6-7-16-25(24)37-21-11-2-1-3-12-21)18-36-29(35)19-9-8-10-20(17-19)31-27(33)22-13-4-5-14-23(22)28(31)34/h1-17H,18H2,(H,30,32). The molecule has 0 spiro atoms. The molecule has 0 aliphatic carbocycles. The first-order valence-electron chi connectivity index (χ1n) is 11.4. The molecule has 0 fully saturated rings. The lowest BCUT2D eigenvalue weighted by Crippen LogP contribution is -2.29. The Labute approximate surface area is 212 Å². The van der Waals surface area contributed by atoms with Gasteiger partial charge < -0.3 is 14.8 Å². The van der Waals surface area contributed by atoms with E-state index in [1.54, 1.807) is 66.7 Å². The third-order valence-electron chi connectivity index (χ3n) is 5.60. The predicted molar refractivity (Wildman–Crippen MR) is 136 cm³/mol. The van der Waals surface area contributed by atoms with Gasteiger partial charge in [0.05, 0.1) is 28.1 Å². The molecule has 5 rings (SSSR count). The number of hydrogen-bond acceptors (Lipinski definition) is 6. The predicted octanol–water partition coefficient (Wildman–Crippen LogP) is 5.08. The molecule has 0 bridgehead atoms. The first-order chi connectivity index (χ1) is 18.0. The number of hydrogen-bond donors (Lipinski definition) is 1. The Balaban J connectivity index is 1.23. The van der Waals surface area contributed by atoms with Crippen LogP contribution in [0.15, 0.2) is 103 Å². The van der Waals surface area contributed by atoms with Gasteiger partial charge in [0.1, 0.15) is 5.75 Å². The molecule has 8 heteroatoms. The summed E-state index contributed by atoms with van der Waals surface area (Å²) in [6.45, 7) is -0.546. The third kappa shape index (κ3) is 4.94. The minimum absolute atomic E-state index is 0.0923. The van der Waals surface area contributed by atoms with Crippen LogP contribution in [0.3, 0.4) is 0 Å². The van der Waals surface area contributed by atoms with Crippen molar-refractivity contribution in [2.45, 2.75) is 0 Å². The highest BCUT2D eigenvalue weighted by Gasteiger charge is 2.36. The number of carbonyl (C=O) groups excluding carboxylic acids is 4. The van der Waals surface area contributed by atoms with Gasteiger partial charge in [-0.25, -0.2) is 9.69 Å². The summed E-state index contributed by atoms with van der Waals surface area (Å²) in [6, 6.07) is 28.5. The molecule has 1 heterocycles. The van der Waals surface area contributed by atoms with Crippen molar-refractivity contribution in [2.24, 2.45) is 0 Å². The van der Waals surface area contributed by atoms with Crippen molar-refractivity contribution >= 4 is 35.1 Å². The van der Waals surface area contributed by atoms with Gasteiger partial charge in [0.2, 0.25) is 0 Å². The number of carbonyl (C=O) groups is 4. The van der Waals surface area contributed by atoms with Gasteiger partial charge in [0, 0.05) is 0 Å². The minimum atomic E-state index is -0.776. The molecular formula is C29H20N2O6. The van der Waals surface area contributed by atoms with Crippen LogP contribution >= 0.6 is 0 Å². The molecule has 37 heavy (non-hydrogen) atoms. The van der Waals surface area contributed by atoms with E-state index in [1.807, 2.05) is 18.2 Å². The van der Waals surface area contributed by atoms with Gasteiger partial charge in [-0.1, -0.05) is 48.5 Å². The fourth-order valence-corrected chi connectivity index (χ4v) is 3.87. The van der Waals surface area contributed by atoms with Gasteiger partial charge in [-0.3, -0.25) is 14.4 Å². The summed E-state index contributed by atoms with van der Waals surface area (Å²) in [5.41, 5.74) is 1.34. The number of nitrogens with zero attached hydrogens (tertiary/aromatic N) is 1. The van der Waals surface area contributed by atoms with Crippen LogP contribution < -0.4 is 15.0 Å². The van der Waals surface area contributed by atoms with Crippen LogP contribution in [0.4, 0.5) is 11.4 Å². The highest BCUT2D eigenvalue weighted by atomic mass is 16.5. The Kier molecular flexibility index (Phi) is 6.46. The SMILES string of the molecule is O=C(COC(=O)c1cccc(N2C(=O)c3ccccc3C2=O)c1)Nc1ccccc1Oc1ccccc1. The number of para-hydroxylation sites is 3. The van der Waals surface area contributed by atoms with Crippen molar-refractivity contribution in [2.75, 3.05) is 16.8 Å². The molecular weight excluding hydrogens is 472 g/mol. The van der Waals surface area contributed by atoms with E-state index >= 15 is 0 Å². The number of ether oxygens (including phenoxy) is 2. The molecule has 1 aliphatic heterocycles. The molecule has 0 saturated heterocycles. The Hall–Kier alpha value is -5.24. The molecule has 0 radical (unpaired) electrons. The molecule has 1 aliphatic rings. The molecule has 182 valence electrons. The van der Waals surface area contributed by atoms with E-state index < -0.39 is 30.3 Å².